The second-order valence-electron chi connectivity index (χ2n) is 4.42. The fraction of sp³-hybridized carbons (Fsp3) is 0.133. The Kier molecular flexibility index (Phi) is 3.04. The molecule has 102 valence electrons. The lowest BCUT2D eigenvalue weighted by molar-refractivity contribution is 0.141. The van der Waals surface area contributed by atoms with E-state index in [1.54, 1.807) is 30.3 Å². The van der Waals surface area contributed by atoms with Gasteiger partial charge in [0.15, 0.2) is 0 Å². The first-order chi connectivity index (χ1) is 9.58. The van der Waals surface area contributed by atoms with Gasteiger partial charge >= 0.3 is 0 Å². The van der Waals surface area contributed by atoms with Crippen LogP contribution in [0.3, 0.4) is 0 Å². The van der Waals surface area contributed by atoms with E-state index in [-0.39, 0.29) is 10.9 Å². The molecule has 0 atom stereocenters. The van der Waals surface area contributed by atoms with Crippen LogP contribution < -0.4 is 0 Å². The molecule has 3 aromatic rings. The number of nitrogens with zero attached hydrogens (tertiary/aromatic N) is 1. The van der Waals surface area contributed by atoms with Crippen LogP contribution in [-0.4, -0.2) is 4.98 Å². The molecule has 0 amide bonds. The van der Waals surface area contributed by atoms with E-state index in [2.05, 4.69) is 4.98 Å². The van der Waals surface area contributed by atoms with Crippen LogP contribution in [0.1, 0.15) is 24.1 Å². The number of alkyl halides is 4. The number of hydrogen-bond donors (Lipinski definition) is 0. The Hall–Kier alpha value is -2.17. The van der Waals surface area contributed by atoms with Crippen LogP contribution >= 0.6 is 0 Å². The average Bonchev–Trinajstić information content (AvgIpc) is 2.45. The van der Waals surface area contributed by atoms with Crippen molar-refractivity contribution in [2.24, 2.45) is 0 Å². The van der Waals surface area contributed by atoms with E-state index in [0.717, 1.165) is 11.5 Å². The number of rotatable bonds is 2. The van der Waals surface area contributed by atoms with Crippen molar-refractivity contribution in [1.82, 2.24) is 4.98 Å². The molecule has 3 rings (SSSR count). The van der Waals surface area contributed by atoms with Gasteiger partial charge in [-0.25, -0.2) is 22.5 Å². The first-order valence-electron chi connectivity index (χ1n) is 5.96. The van der Waals surface area contributed by atoms with Gasteiger partial charge in [-0.2, -0.15) is 0 Å². The number of hydrogen-bond acceptors (Lipinski definition) is 1. The van der Waals surface area contributed by atoms with Gasteiger partial charge in [-0.15, -0.1) is 0 Å². The van der Waals surface area contributed by atoms with Gasteiger partial charge in [0, 0.05) is 16.3 Å². The molecule has 0 spiro atoms. The van der Waals surface area contributed by atoms with Gasteiger partial charge in [0.05, 0.1) is 5.52 Å². The smallest absolute Gasteiger partial charge is 0.246 e. The van der Waals surface area contributed by atoms with Gasteiger partial charge in [0.2, 0.25) is 0 Å². The molecule has 0 saturated heterocycles. The lowest BCUT2D eigenvalue weighted by Gasteiger charge is -2.10. The minimum Gasteiger partial charge on any atom is -0.246 e. The van der Waals surface area contributed by atoms with Crippen LogP contribution in [-0.2, 0) is 0 Å². The van der Waals surface area contributed by atoms with Crippen LogP contribution in [0.25, 0.3) is 21.7 Å². The van der Waals surface area contributed by atoms with Crippen molar-refractivity contribution in [3.63, 3.8) is 0 Å². The first-order valence-corrected chi connectivity index (χ1v) is 5.96. The zero-order valence-electron chi connectivity index (χ0n) is 10.2. The van der Waals surface area contributed by atoms with Crippen molar-refractivity contribution in [3.05, 3.63) is 53.7 Å². The Morgan fingerprint density at radius 1 is 0.800 bits per heavy atom. The minimum atomic E-state index is -2.88. The maximum absolute atomic E-state index is 13.1. The fourth-order valence-electron chi connectivity index (χ4n) is 2.30. The van der Waals surface area contributed by atoms with Crippen molar-refractivity contribution < 1.29 is 17.6 Å². The van der Waals surface area contributed by atoms with E-state index in [1.807, 2.05) is 0 Å². The highest BCUT2D eigenvalue weighted by atomic mass is 19.3. The fourth-order valence-corrected chi connectivity index (χ4v) is 2.30. The number of pyridine rings is 1. The predicted molar refractivity (Wildman–Crippen MR) is 69.2 cm³/mol. The zero-order chi connectivity index (χ0) is 14.3. The highest BCUT2D eigenvalue weighted by Crippen LogP contribution is 2.33. The molecular formula is C15H9F4N. The van der Waals surface area contributed by atoms with Crippen LogP contribution in [0, 0.1) is 0 Å². The summed E-state index contributed by atoms with van der Waals surface area (Å²) >= 11 is 0. The summed E-state index contributed by atoms with van der Waals surface area (Å²) in [5.74, 6) is 0. The molecule has 20 heavy (non-hydrogen) atoms. The van der Waals surface area contributed by atoms with Crippen LogP contribution in [0.15, 0.2) is 42.5 Å². The highest BCUT2D eigenvalue weighted by molar-refractivity contribution is 6.06. The van der Waals surface area contributed by atoms with Crippen molar-refractivity contribution in [2.75, 3.05) is 0 Å². The molecule has 0 fully saturated rings. The quantitative estimate of drug-likeness (QED) is 0.460. The van der Waals surface area contributed by atoms with E-state index >= 15 is 0 Å². The topological polar surface area (TPSA) is 12.9 Å². The maximum atomic E-state index is 13.1. The third-order valence-corrected chi connectivity index (χ3v) is 3.21. The summed E-state index contributed by atoms with van der Waals surface area (Å²) in [4.78, 5) is 3.86. The second kappa shape index (κ2) is 4.74. The van der Waals surface area contributed by atoms with Crippen molar-refractivity contribution in [1.29, 1.82) is 0 Å². The SMILES string of the molecule is FC(F)c1cc(C(F)F)c2ccc3ccccc3c2n1. The van der Waals surface area contributed by atoms with Gasteiger partial charge in [0.25, 0.3) is 12.9 Å². The van der Waals surface area contributed by atoms with Gasteiger partial charge in [-0.05, 0) is 11.5 Å². The Bertz CT molecular complexity index is 783. The van der Waals surface area contributed by atoms with Crippen LogP contribution in [0.5, 0.6) is 0 Å². The van der Waals surface area contributed by atoms with E-state index in [1.165, 1.54) is 6.07 Å². The van der Waals surface area contributed by atoms with E-state index in [9.17, 15) is 17.6 Å². The molecule has 1 nitrogen and oxygen atoms in total. The summed E-state index contributed by atoms with van der Waals surface area (Å²) < 4.78 is 51.8. The Morgan fingerprint density at radius 2 is 1.55 bits per heavy atom. The summed E-state index contributed by atoms with van der Waals surface area (Å²) in [6, 6.07) is 11.0. The predicted octanol–water partition coefficient (Wildman–Crippen LogP) is 5.26. The van der Waals surface area contributed by atoms with Crippen LogP contribution in [0.4, 0.5) is 17.6 Å². The number of halogens is 4. The van der Waals surface area contributed by atoms with Crippen molar-refractivity contribution in [3.8, 4) is 0 Å². The zero-order valence-corrected chi connectivity index (χ0v) is 10.2. The normalized spacial score (nSPS) is 11.9. The average molecular weight is 279 g/mol. The molecule has 1 aromatic heterocycles. The van der Waals surface area contributed by atoms with E-state index in [4.69, 9.17) is 0 Å². The molecule has 0 bridgehead atoms. The summed E-state index contributed by atoms with van der Waals surface area (Å²) in [5, 5.41) is 1.58. The summed E-state index contributed by atoms with van der Waals surface area (Å²) in [7, 11) is 0. The summed E-state index contributed by atoms with van der Waals surface area (Å²) in [6.07, 6.45) is -5.70. The molecule has 0 aliphatic carbocycles. The number of benzene rings is 2. The lowest BCUT2D eigenvalue weighted by atomic mass is 10.0. The molecule has 1 heterocycles. The van der Waals surface area contributed by atoms with Crippen molar-refractivity contribution >= 4 is 21.7 Å². The van der Waals surface area contributed by atoms with Gasteiger partial charge < -0.3 is 0 Å². The minimum absolute atomic E-state index is 0.191. The third-order valence-electron chi connectivity index (χ3n) is 3.21. The monoisotopic (exact) mass is 279 g/mol. The highest BCUT2D eigenvalue weighted by Gasteiger charge is 2.19. The van der Waals surface area contributed by atoms with Gasteiger partial charge in [0.1, 0.15) is 5.69 Å². The van der Waals surface area contributed by atoms with Gasteiger partial charge in [-0.1, -0.05) is 36.4 Å². The molecule has 0 radical (unpaired) electrons. The third kappa shape index (κ3) is 1.99. The molecule has 0 unspecified atom stereocenters. The Morgan fingerprint density at radius 3 is 2.25 bits per heavy atom. The molecule has 0 saturated carbocycles. The lowest BCUT2D eigenvalue weighted by Crippen LogP contribution is -1.97. The molecule has 0 aliphatic heterocycles. The molecule has 5 heteroatoms. The van der Waals surface area contributed by atoms with Crippen molar-refractivity contribution in [2.45, 2.75) is 12.9 Å². The molecule has 2 aromatic carbocycles. The standard InChI is InChI=1S/C15H9F4N/c16-14(17)11-7-12(15(18)19)20-13-9-4-2-1-3-8(9)5-6-10(11)13/h1-7,14-15H. The molecule has 0 N–H and O–H groups in total. The summed E-state index contributed by atoms with van der Waals surface area (Å²) in [6.45, 7) is 0. The number of fused-ring (bicyclic) bond motifs is 3. The Balaban J connectivity index is 2.47. The summed E-state index contributed by atoms with van der Waals surface area (Å²) in [5.41, 5.74) is -0.837. The maximum Gasteiger partial charge on any atom is 0.280 e. The van der Waals surface area contributed by atoms with Crippen LogP contribution in [0.2, 0.25) is 0 Å². The largest absolute Gasteiger partial charge is 0.280 e. The molecule has 0 aliphatic rings. The van der Waals surface area contributed by atoms with E-state index < -0.39 is 24.1 Å². The second-order valence-corrected chi connectivity index (χ2v) is 4.42. The van der Waals surface area contributed by atoms with Gasteiger partial charge in [-0.3, -0.25) is 0 Å². The first kappa shape index (κ1) is 12.8. The van der Waals surface area contributed by atoms with E-state index in [0.29, 0.717) is 5.39 Å². The Labute approximate surface area is 111 Å². The number of aromatic nitrogens is 1. The molecular weight excluding hydrogens is 270 g/mol.